The topological polar surface area (TPSA) is 26.7 Å². The summed E-state index contributed by atoms with van der Waals surface area (Å²) in [5, 5.41) is 9.21. The number of halogens is 1. The van der Waals surface area contributed by atoms with Gasteiger partial charge in [0.25, 0.3) is 0 Å². The van der Waals surface area contributed by atoms with Gasteiger partial charge in [0.2, 0.25) is 0 Å². The van der Waals surface area contributed by atoms with Crippen LogP contribution in [0, 0.1) is 0 Å². The number of rotatable bonds is 5. The smallest absolute Gasteiger partial charge is 0.0586 e. The highest BCUT2D eigenvalue weighted by Gasteiger charge is 2.21. The molecule has 0 bridgehead atoms. The zero-order valence-electron chi connectivity index (χ0n) is 9.45. The lowest BCUT2D eigenvalue weighted by atomic mass is 10.1. The van der Waals surface area contributed by atoms with Crippen molar-refractivity contribution in [2.24, 2.45) is 0 Å². The van der Waals surface area contributed by atoms with Gasteiger partial charge in [-0.15, -0.1) is 0 Å². The second-order valence-electron chi connectivity index (χ2n) is 4.07. The molecule has 0 aliphatic carbocycles. The van der Waals surface area contributed by atoms with E-state index >= 15 is 0 Å². The minimum absolute atomic E-state index is 0.279. The first kappa shape index (κ1) is 13.2. The van der Waals surface area contributed by atoms with Crippen molar-refractivity contribution in [3.05, 3.63) is 11.1 Å². The van der Waals surface area contributed by atoms with Crippen LogP contribution in [-0.2, 0) is 0 Å². The Balaban J connectivity index is 2.31. The summed E-state index contributed by atoms with van der Waals surface area (Å²) in [5.41, 5.74) is 0. The van der Waals surface area contributed by atoms with Crippen LogP contribution >= 0.6 is 15.9 Å². The van der Waals surface area contributed by atoms with E-state index in [9.17, 15) is 5.11 Å². The minimum atomic E-state index is 0.279. The van der Waals surface area contributed by atoms with Gasteiger partial charge in [-0.2, -0.15) is 0 Å². The van der Waals surface area contributed by atoms with Gasteiger partial charge in [0.15, 0.2) is 0 Å². The molecule has 1 fully saturated rings. The maximum Gasteiger partial charge on any atom is 0.0586 e. The molecule has 0 aromatic heterocycles. The van der Waals surface area contributed by atoms with Crippen LogP contribution in [0.3, 0.4) is 0 Å². The van der Waals surface area contributed by atoms with E-state index < -0.39 is 0 Å². The van der Waals surface area contributed by atoms with Gasteiger partial charge in [-0.1, -0.05) is 29.4 Å². The summed E-state index contributed by atoms with van der Waals surface area (Å²) in [6.45, 7) is 11.5. The molecular formula is C11H21BrN2O. The van der Waals surface area contributed by atoms with Crippen molar-refractivity contribution < 1.29 is 5.11 Å². The van der Waals surface area contributed by atoms with Gasteiger partial charge < -0.3 is 5.11 Å². The number of nitrogens with zero attached hydrogens (tertiary/aromatic N) is 2. The highest BCUT2D eigenvalue weighted by atomic mass is 79.9. The van der Waals surface area contributed by atoms with Crippen LogP contribution in [0.5, 0.6) is 0 Å². The first-order valence-electron chi connectivity index (χ1n) is 5.58. The van der Waals surface area contributed by atoms with Crippen LogP contribution in [0.4, 0.5) is 0 Å². The fourth-order valence-corrected chi connectivity index (χ4v) is 2.39. The quantitative estimate of drug-likeness (QED) is 0.820. The molecule has 0 spiro atoms. The van der Waals surface area contributed by atoms with Crippen molar-refractivity contribution in [3.63, 3.8) is 0 Å². The zero-order chi connectivity index (χ0) is 11.3. The molecule has 15 heavy (non-hydrogen) atoms. The third-order valence-electron chi connectivity index (χ3n) is 3.00. The van der Waals surface area contributed by atoms with E-state index in [2.05, 4.69) is 39.2 Å². The molecule has 1 heterocycles. The molecule has 0 amide bonds. The summed E-state index contributed by atoms with van der Waals surface area (Å²) in [4.78, 5) is 4.77. The van der Waals surface area contributed by atoms with Crippen molar-refractivity contribution in [2.75, 3.05) is 39.3 Å². The van der Waals surface area contributed by atoms with Crippen molar-refractivity contribution in [3.8, 4) is 0 Å². The van der Waals surface area contributed by atoms with Gasteiger partial charge in [0.05, 0.1) is 6.61 Å². The van der Waals surface area contributed by atoms with E-state index in [1.807, 2.05) is 0 Å². The largest absolute Gasteiger partial charge is 0.395 e. The number of hydrogen-bond donors (Lipinski definition) is 1. The molecular weight excluding hydrogens is 256 g/mol. The lowest BCUT2D eigenvalue weighted by molar-refractivity contribution is 0.0678. The molecule has 0 unspecified atom stereocenters. The van der Waals surface area contributed by atoms with Crippen molar-refractivity contribution in [1.82, 2.24) is 9.80 Å². The number of hydrogen-bond acceptors (Lipinski definition) is 3. The average Bonchev–Trinajstić information content (AvgIpc) is 2.21. The molecule has 1 N–H and O–H groups in total. The highest BCUT2D eigenvalue weighted by Crippen LogP contribution is 2.11. The summed E-state index contributed by atoms with van der Waals surface area (Å²) in [6.07, 6.45) is 1.03. The molecule has 88 valence electrons. The normalized spacial score (nSPS) is 21.5. The van der Waals surface area contributed by atoms with E-state index in [0.29, 0.717) is 6.04 Å². The van der Waals surface area contributed by atoms with Crippen molar-refractivity contribution in [2.45, 2.75) is 19.4 Å². The molecule has 4 heteroatoms. The summed E-state index contributed by atoms with van der Waals surface area (Å²) >= 11 is 3.39. The third kappa shape index (κ3) is 4.23. The summed E-state index contributed by atoms with van der Waals surface area (Å²) in [7, 11) is 0. The van der Waals surface area contributed by atoms with E-state index in [0.717, 1.165) is 43.6 Å². The molecule has 3 nitrogen and oxygen atoms in total. The van der Waals surface area contributed by atoms with Crippen molar-refractivity contribution in [1.29, 1.82) is 0 Å². The Bertz CT molecular complexity index is 199. The van der Waals surface area contributed by atoms with Crippen LogP contribution in [-0.4, -0.2) is 60.3 Å². The van der Waals surface area contributed by atoms with Gasteiger partial charge in [0, 0.05) is 43.2 Å². The highest BCUT2D eigenvalue weighted by molar-refractivity contribution is 9.11. The number of piperazine rings is 1. The zero-order valence-corrected chi connectivity index (χ0v) is 11.0. The molecule has 1 atom stereocenters. The molecule has 1 aliphatic heterocycles. The molecule has 0 saturated carbocycles. The maximum atomic E-state index is 9.21. The first-order chi connectivity index (χ1) is 7.17. The fourth-order valence-electron chi connectivity index (χ4n) is 2.03. The Hall–Kier alpha value is 0.1000. The maximum absolute atomic E-state index is 9.21. The van der Waals surface area contributed by atoms with Gasteiger partial charge in [0.1, 0.15) is 0 Å². The molecule has 1 saturated heterocycles. The Kier molecular flexibility index (Phi) is 5.82. The van der Waals surface area contributed by atoms with E-state index in [4.69, 9.17) is 0 Å². The SMILES string of the molecule is C=C(Br)CN1CCN([C@@H](CC)CO)CC1. The van der Waals surface area contributed by atoms with E-state index in [-0.39, 0.29) is 6.61 Å². The summed E-state index contributed by atoms with van der Waals surface area (Å²) < 4.78 is 1.05. The summed E-state index contributed by atoms with van der Waals surface area (Å²) in [5.74, 6) is 0. The predicted molar refractivity (Wildman–Crippen MR) is 67.2 cm³/mol. The van der Waals surface area contributed by atoms with E-state index in [1.165, 1.54) is 0 Å². The van der Waals surface area contributed by atoms with Crippen LogP contribution < -0.4 is 0 Å². The lowest BCUT2D eigenvalue weighted by Crippen LogP contribution is -2.51. The Morgan fingerprint density at radius 2 is 2.00 bits per heavy atom. The van der Waals surface area contributed by atoms with Crippen LogP contribution in [0.25, 0.3) is 0 Å². The van der Waals surface area contributed by atoms with Gasteiger partial charge >= 0.3 is 0 Å². The Morgan fingerprint density at radius 3 is 2.40 bits per heavy atom. The van der Waals surface area contributed by atoms with Crippen LogP contribution in [0.1, 0.15) is 13.3 Å². The fraction of sp³-hybridized carbons (Fsp3) is 0.818. The monoisotopic (exact) mass is 276 g/mol. The third-order valence-corrected chi connectivity index (χ3v) is 3.25. The second kappa shape index (κ2) is 6.63. The van der Waals surface area contributed by atoms with Crippen LogP contribution in [0.15, 0.2) is 11.1 Å². The minimum Gasteiger partial charge on any atom is -0.395 e. The molecule has 1 rings (SSSR count). The summed E-state index contributed by atoms with van der Waals surface area (Å²) in [6, 6.07) is 0.347. The average molecular weight is 277 g/mol. The van der Waals surface area contributed by atoms with Crippen molar-refractivity contribution >= 4 is 15.9 Å². The van der Waals surface area contributed by atoms with E-state index in [1.54, 1.807) is 0 Å². The molecule has 0 aromatic rings. The standard InChI is InChI=1S/C11H21BrN2O/c1-3-11(9-15)14-6-4-13(5-7-14)8-10(2)12/h11,15H,2-9H2,1H3/t11-/m0/s1. The Morgan fingerprint density at radius 1 is 1.40 bits per heavy atom. The number of aliphatic hydroxyl groups is 1. The predicted octanol–water partition coefficient (Wildman–Crippen LogP) is 1.28. The molecule has 0 radical (unpaired) electrons. The lowest BCUT2D eigenvalue weighted by Gasteiger charge is -2.38. The van der Waals surface area contributed by atoms with Gasteiger partial charge in [-0.3, -0.25) is 9.80 Å². The van der Waals surface area contributed by atoms with Gasteiger partial charge in [-0.25, -0.2) is 0 Å². The number of aliphatic hydroxyl groups excluding tert-OH is 1. The first-order valence-corrected chi connectivity index (χ1v) is 6.37. The Labute approximate surface area is 101 Å². The molecule has 0 aromatic carbocycles. The second-order valence-corrected chi connectivity index (χ2v) is 5.20. The van der Waals surface area contributed by atoms with Gasteiger partial charge in [-0.05, 0) is 6.42 Å². The van der Waals surface area contributed by atoms with Crippen LogP contribution in [0.2, 0.25) is 0 Å². The molecule has 1 aliphatic rings.